The maximum Gasteiger partial charge on any atom is 0.189 e. The molecule has 1 unspecified atom stereocenters. The first-order valence-electron chi connectivity index (χ1n) is 9.29. The molecule has 0 heterocycles. The Hall–Kier alpha value is -3.05. The second-order valence-electron chi connectivity index (χ2n) is 7.07. The largest absolute Gasteiger partial charge is 0.294 e. The maximum absolute atomic E-state index is 13.3. The first-order valence-corrected chi connectivity index (χ1v) is 10.8. The van der Waals surface area contributed by atoms with Gasteiger partial charge in [-0.25, -0.2) is 8.42 Å². The molecule has 0 saturated carbocycles. The Morgan fingerprint density at radius 2 is 1.24 bits per heavy atom. The highest BCUT2D eigenvalue weighted by Gasteiger charge is 2.36. The number of hydrogen-bond donors (Lipinski definition) is 0. The van der Waals surface area contributed by atoms with Crippen LogP contribution in [0.15, 0.2) is 83.8 Å². The Morgan fingerprint density at radius 1 is 0.724 bits per heavy atom. The minimum atomic E-state index is -4.05. The van der Waals surface area contributed by atoms with Crippen molar-refractivity contribution in [2.75, 3.05) is 0 Å². The van der Waals surface area contributed by atoms with E-state index in [2.05, 4.69) is 0 Å². The zero-order valence-electron chi connectivity index (χ0n) is 16.3. The summed E-state index contributed by atoms with van der Waals surface area (Å²) in [5, 5.41) is -1.49. The predicted octanol–water partition coefficient (Wildman–Crippen LogP) is 4.60. The molecule has 0 fully saturated rings. The molecule has 3 aromatic carbocycles. The van der Waals surface area contributed by atoms with Gasteiger partial charge in [-0.15, -0.1) is 0 Å². The number of rotatable bonds is 7. The van der Waals surface area contributed by atoms with Gasteiger partial charge in [0.15, 0.2) is 21.4 Å². The van der Waals surface area contributed by atoms with E-state index in [4.69, 9.17) is 0 Å². The normalized spacial score (nSPS) is 12.3. The van der Waals surface area contributed by atoms with E-state index in [0.717, 1.165) is 11.1 Å². The van der Waals surface area contributed by atoms with Crippen LogP contribution in [0.5, 0.6) is 0 Å². The molecular weight excluding hydrogens is 384 g/mol. The quantitative estimate of drug-likeness (QED) is 0.538. The monoisotopic (exact) mass is 406 g/mol. The summed E-state index contributed by atoms with van der Waals surface area (Å²) in [5.74, 6) is -0.957. The van der Waals surface area contributed by atoms with Gasteiger partial charge in [-0.2, -0.15) is 0 Å². The lowest BCUT2D eigenvalue weighted by atomic mass is 10.0. The van der Waals surface area contributed by atoms with Gasteiger partial charge in [0.2, 0.25) is 0 Å². The summed E-state index contributed by atoms with van der Waals surface area (Å²) in [4.78, 5) is 26.0. The van der Waals surface area contributed by atoms with Crippen LogP contribution in [0.3, 0.4) is 0 Å². The molecule has 29 heavy (non-hydrogen) atoms. The van der Waals surface area contributed by atoms with E-state index < -0.39 is 27.3 Å². The number of hydrogen-bond acceptors (Lipinski definition) is 4. The summed E-state index contributed by atoms with van der Waals surface area (Å²) in [6.07, 6.45) is -0.410. The van der Waals surface area contributed by atoms with Gasteiger partial charge in [0.25, 0.3) is 0 Å². The van der Waals surface area contributed by atoms with Gasteiger partial charge < -0.3 is 0 Å². The summed E-state index contributed by atoms with van der Waals surface area (Å²) in [7, 11) is -4.05. The minimum absolute atomic E-state index is 0.0365. The van der Waals surface area contributed by atoms with Gasteiger partial charge in [-0.1, -0.05) is 77.9 Å². The molecule has 0 bridgehead atoms. The fourth-order valence-corrected chi connectivity index (χ4v) is 4.68. The van der Waals surface area contributed by atoms with E-state index in [9.17, 15) is 18.0 Å². The molecule has 0 amide bonds. The molecule has 0 saturated heterocycles. The van der Waals surface area contributed by atoms with E-state index >= 15 is 0 Å². The standard InChI is InChI=1S/C24H22O4S/c1-17-8-12-20(13-9-17)24(26)23(16-22(25)19-6-4-3-5-7-19)29(27,28)21-14-10-18(2)11-15-21/h3-15,23H,16H2,1-2H3. The zero-order valence-corrected chi connectivity index (χ0v) is 17.1. The third-order valence-corrected chi connectivity index (χ3v) is 6.88. The Labute approximate surface area is 171 Å². The molecule has 0 radical (unpaired) electrons. The molecule has 4 nitrogen and oxygen atoms in total. The number of sulfone groups is 1. The van der Waals surface area contributed by atoms with Gasteiger partial charge >= 0.3 is 0 Å². The van der Waals surface area contributed by atoms with E-state index in [1.54, 1.807) is 66.7 Å². The molecule has 3 aromatic rings. The van der Waals surface area contributed by atoms with Crippen LogP contribution in [0.4, 0.5) is 0 Å². The highest BCUT2D eigenvalue weighted by molar-refractivity contribution is 7.92. The summed E-state index contributed by atoms with van der Waals surface area (Å²) < 4.78 is 26.6. The van der Waals surface area contributed by atoms with Crippen molar-refractivity contribution in [1.82, 2.24) is 0 Å². The van der Waals surface area contributed by atoms with Crippen LogP contribution in [0.1, 0.15) is 38.3 Å². The van der Waals surface area contributed by atoms with Crippen molar-refractivity contribution in [3.63, 3.8) is 0 Å². The van der Waals surface area contributed by atoms with Gasteiger partial charge in [0.1, 0.15) is 5.25 Å². The van der Waals surface area contributed by atoms with Crippen molar-refractivity contribution in [2.24, 2.45) is 0 Å². The summed E-state index contributed by atoms with van der Waals surface area (Å²) >= 11 is 0. The molecule has 148 valence electrons. The van der Waals surface area contributed by atoms with Crippen molar-refractivity contribution in [1.29, 1.82) is 0 Å². The predicted molar refractivity (Wildman–Crippen MR) is 113 cm³/mol. The fraction of sp³-hybridized carbons (Fsp3) is 0.167. The van der Waals surface area contributed by atoms with E-state index in [1.807, 2.05) is 13.8 Å². The number of carbonyl (C=O) groups is 2. The molecule has 5 heteroatoms. The highest BCUT2D eigenvalue weighted by Crippen LogP contribution is 2.24. The minimum Gasteiger partial charge on any atom is -0.294 e. The Morgan fingerprint density at radius 3 is 1.79 bits per heavy atom. The number of aryl methyl sites for hydroxylation is 2. The van der Waals surface area contributed by atoms with Gasteiger partial charge in [0.05, 0.1) is 4.90 Å². The number of ketones is 2. The van der Waals surface area contributed by atoms with Gasteiger partial charge in [0, 0.05) is 17.5 Å². The first kappa shape index (κ1) is 20.7. The maximum atomic E-state index is 13.3. The Bertz CT molecular complexity index is 1110. The molecule has 0 aliphatic heterocycles. The molecule has 0 aliphatic rings. The third-order valence-electron chi connectivity index (χ3n) is 4.82. The van der Waals surface area contributed by atoms with Crippen molar-refractivity contribution in [3.8, 4) is 0 Å². The molecule has 0 aliphatic carbocycles. The van der Waals surface area contributed by atoms with Gasteiger partial charge in [-0.05, 0) is 26.0 Å². The smallest absolute Gasteiger partial charge is 0.189 e. The number of carbonyl (C=O) groups excluding carboxylic acids is 2. The highest BCUT2D eigenvalue weighted by atomic mass is 32.2. The van der Waals surface area contributed by atoms with Crippen LogP contribution >= 0.6 is 0 Å². The van der Waals surface area contributed by atoms with E-state index in [0.29, 0.717) is 5.56 Å². The summed E-state index contributed by atoms with van der Waals surface area (Å²) in [5.41, 5.74) is 2.52. The van der Waals surface area contributed by atoms with Crippen LogP contribution in [-0.2, 0) is 9.84 Å². The van der Waals surface area contributed by atoms with Crippen molar-refractivity contribution in [3.05, 3.63) is 101 Å². The SMILES string of the molecule is Cc1ccc(C(=O)C(CC(=O)c2ccccc2)S(=O)(=O)c2ccc(C)cc2)cc1. The average molecular weight is 407 g/mol. The molecular formula is C24H22O4S. The van der Waals surface area contributed by atoms with Crippen LogP contribution in [0.2, 0.25) is 0 Å². The van der Waals surface area contributed by atoms with Crippen molar-refractivity contribution >= 4 is 21.4 Å². The third kappa shape index (κ3) is 4.69. The van der Waals surface area contributed by atoms with Crippen molar-refractivity contribution < 1.29 is 18.0 Å². The second-order valence-corrected chi connectivity index (χ2v) is 9.20. The van der Waals surface area contributed by atoms with Crippen LogP contribution < -0.4 is 0 Å². The van der Waals surface area contributed by atoms with Crippen LogP contribution in [-0.4, -0.2) is 25.2 Å². The van der Waals surface area contributed by atoms with E-state index in [1.165, 1.54) is 12.1 Å². The lowest BCUT2D eigenvalue weighted by Crippen LogP contribution is -2.33. The molecule has 3 rings (SSSR count). The lowest BCUT2D eigenvalue weighted by Gasteiger charge is -2.17. The van der Waals surface area contributed by atoms with Crippen LogP contribution in [0, 0.1) is 13.8 Å². The number of benzene rings is 3. The molecule has 0 N–H and O–H groups in total. The Kier molecular flexibility index (Phi) is 6.09. The average Bonchev–Trinajstić information content (AvgIpc) is 2.72. The topological polar surface area (TPSA) is 68.3 Å². The molecule has 0 aromatic heterocycles. The zero-order chi connectivity index (χ0) is 21.0. The van der Waals surface area contributed by atoms with E-state index in [-0.39, 0.29) is 16.2 Å². The second kappa shape index (κ2) is 8.53. The number of Topliss-reactive ketones (excluding diaryl/α,β-unsaturated/α-hetero) is 2. The Balaban J connectivity index is 2.03. The lowest BCUT2D eigenvalue weighted by molar-refractivity contribution is 0.0920. The fourth-order valence-electron chi connectivity index (χ4n) is 3.05. The molecule has 0 spiro atoms. The van der Waals surface area contributed by atoms with Crippen LogP contribution in [0.25, 0.3) is 0 Å². The molecule has 1 atom stereocenters. The van der Waals surface area contributed by atoms with Gasteiger partial charge in [-0.3, -0.25) is 9.59 Å². The summed E-state index contributed by atoms with van der Waals surface area (Å²) in [6.45, 7) is 3.73. The van der Waals surface area contributed by atoms with Crippen molar-refractivity contribution in [2.45, 2.75) is 30.4 Å². The first-order chi connectivity index (χ1) is 13.8. The summed E-state index contributed by atoms with van der Waals surface area (Å²) in [6, 6.07) is 21.4.